The fourth-order valence-electron chi connectivity index (χ4n) is 1.94. The lowest BCUT2D eigenvalue weighted by Gasteiger charge is -2.17. The summed E-state index contributed by atoms with van der Waals surface area (Å²) in [5.41, 5.74) is 0. The molecule has 1 aromatic carbocycles. The number of furan rings is 1. The average molecular weight is 310 g/mol. The monoisotopic (exact) mass is 309 g/mol. The summed E-state index contributed by atoms with van der Waals surface area (Å²) in [5.74, 6) is 2.05. The van der Waals surface area contributed by atoms with Crippen LogP contribution in [0.4, 0.5) is 0 Å². The van der Waals surface area contributed by atoms with Crippen LogP contribution in [0.1, 0.15) is 19.1 Å². The van der Waals surface area contributed by atoms with Gasteiger partial charge in [-0.05, 0) is 49.4 Å². The van der Waals surface area contributed by atoms with E-state index in [1.54, 1.807) is 6.26 Å². The third-order valence-corrected chi connectivity index (χ3v) is 4.40. The first-order valence-corrected chi connectivity index (χ1v) is 8.28. The molecule has 1 heterocycles. The van der Waals surface area contributed by atoms with Crippen LogP contribution in [0.2, 0.25) is 5.02 Å². The van der Waals surface area contributed by atoms with Gasteiger partial charge in [0.15, 0.2) is 0 Å². The summed E-state index contributed by atoms with van der Waals surface area (Å²) in [7, 11) is 0. The standard InChI is InChI=1S/C16H20ClNOS/c1-2-9-18-14(11-15-4-3-10-19-15)12-20-16-7-5-13(17)6-8-16/h3-8,10,14,18H,2,9,11-12H2,1H3. The van der Waals surface area contributed by atoms with Gasteiger partial charge in [0, 0.05) is 28.1 Å². The summed E-state index contributed by atoms with van der Waals surface area (Å²) >= 11 is 7.75. The van der Waals surface area contributed by atoms with Gasteiger partial charge >= 0.3 is 0 Å². The largest absolute Gasteiger partial charge is 0.469 e. The second-order valence-corrected chi connectivity index (χ2v) is 6.23. The van der Waals surface area contributed by atoms with E-state index in [1.807, 2.05) is 36.0 Å². The van der Waals surface area contributed by atoms with Gasteiger partial charge in [-0.15, -0.1) is 11.8 Å². The Morgan fingerprint density at radius 1 is 1.25 bits per heavy atom. The van der Waals surface area contributed by atoms with E-state index in [9.17, 15) is 0 Å². The van der Waals surface area contributed by atoms with Gasteiger partial charge in [0.1, 0.15) is 5.76 Å². The summed E-state index contributed by atoms with van der Waals surface area (Å²) in [6, 6.07) is 12.4. The van der Waals surface area contributed by atoms with E-state index in [0.29, 0.717) is 6.04 Å². The second-order valence-electron chi connectivity index (χ2n) is 4.70. The molecule has 2 rings (SSSR count). The average Bonchev–Trinajstić information content (AvgIpc) is 2.96. The van der Waals surface area contributed by atoms with E-state index in [1.165, 1.54) is 4.90 Å². The minimum Gasteiger partial charge on any atom is -0.469 e. The van der Waals surface area contributed by atoms with Crippen LogP contribution < -0.4 is 5.32 Å². The molecule has 1 unspecified atom stereocenters. The molecule has 2 aromatic rings. The van der Waals surface area contributed by atoms with Crippen molar-refractivity contribution in [2.75, 3.05) is 12.3 Å². The van der Waals surface area contributed by atoms with E-state index in [4.69, 9.17) is 16.0 Å². The Hall–Kier alpha value is -0.900. The van der Waals surface area contributed by atoms with Crippen molar-refractivity contribution in [2.24, 2.45) is 0 Å². The normalized spacial score (nSPS) is 12.5. The summed E-state index contributed by atoms with van der Waals surface area (Å²) in [4.78, 5) is 1.25. The van der Waals surface area contributed by atoms with Gasteiger partial charge in [0.25, 0.3) is 0 Å². The van der Waals surface area contributed by atoms with Gasteiger partial charge in [0.2, 0.25) is 0 Å². The first-order chi connectivity index (χ1) is 9.78. The zero-order valence-electron chi connectivity index (χ0n) is 11.6. The van der Waals surface area contributed by atoms with Crippen LogP contribution in [0.5, 0.6) is 0 Å². The highest BCUT2D eigenvalue weighted by molar-refractivity contribution is 7.99. The maximum Gasteiger partial charge on any atom is 0.105 e. The number of hydrogen-bond acceptors (Lipinski definition) is 3. The lowest BCUT2D eigenvalue weighted by Crippen LogP contribution is -2.33. The van der Waals surface area contributed by atoms with Crippen molar-refractivity contribution in [3.8, 4) is 0 Å². The predicted octanol–water partition coefficient (Wildman–Crippen LogP) is 4.64. The Morgan fingerprint density at radius 3 is 2.70 bits per heavy atom. The van der Waals surface area contributed by atoms with Gasteiger partial charge in [-0.2, -0.15) is 0 Å². The quantitative estimate of drug-likeness (QED) is 0.719. The zero-order chi connectivity index (χ0) is 14.2. The van der Waals surface area contributed by atoms with Crippen LogP contribution in [-0.4, -0.2) is 18.3 Å². The Kier molecular flexibility index (Phi) is 6.51. The lowest BCUT2D eigenvalue weighted by molar-refractivity contribution is 0.460. The Bertz CT molecular complexity index is 484. The van der Waals surface area contributed by atoms with Gasteiger partial charge < -0.3 is 9.73 Å². The van der Waals surface area contributed by atoms with Crippen LogP contribution in [0.3, 0.4) is 0 Å². The van der Waals surface area contributed by atoms with Crippen LogP contribution in [-0.2, 0) is 6.42 Å². The molecule has 1 aromatic heterocycles. The van der Waals surface area contributed by atoms with E-state index in [-0.39, 0.29) is 0 Å². The van der Waals surface area contributed by atoms with Crippen molar-refractivity contribution < 1.29 is 4.42 Å². The number of rotatable bonds is 8. The fourth-order valence-corrected chi connectivity index (χ4v) is 3.02. The summed E-state index contributed by atoms with van der Waals surface area (Å²) in [6.45, 7) is 3.22. The Morgan fingerprint density at radius 2 is 2.05 bits per heavy atom. The summed E-state index contributed by atoms with van der Waals surface area (Å²) < 4.78 is 5.45. The van der Waals surface area contributed by atoms with Gasteiger partial charge in [-0.1, -0.05) is 18.5 Å². The maximum absolute atomic E-state index is 5.90. The van der Waals surface area contributed by atoms with Crippen molar-refractivity contribution in [1.29, 1.82) is 0 Å². The molecule has 0 amide bonds. The molecule has 0 saturated heterocycles. The third kappa shape index (κ3) is 5.23. The molecule has 0 radical (unpaired) electrons. The van der Waals surface area contributed by atoms with E-state index >= 15 is 0 Å². The molecule has 0 spiro atoms. The molecule has 4 heteroatoms. The van der Waals surface area contributed by atoms with Crippen LogP contribution in [0.15, 0.2) is 52.0 Å². The van der Waals surface area contributed by atoms with Gasteiger partial charge in [-0.3, -0.25) is 0 Å². The highest BCUT2D eigenvalue weighted by atomic mass is 35.5. The van der Waals surface area contributed by atoms with E-state index in [2.05, 4.69) is 24.4 Å². The molecule has 1 atom stereocenters. The van der Waals surface area contributed by atoms with Crippen LogP contribution >= 0.6 is 23.4 Å². The highest BCUT2D eigenvalue weighted by Crippen LogP contribution is 2.22. The summed E-state index contributed by atoms with van der Waals surface area (Å²) in [5, 5.41) is 4.37. The Balaban J connectivity index is 1.87. The molecular formula is C16H20ClNOS. The molecule has 2 nitrogen and oxygen atoms in total. The number of halogens is 1. The summed E-state index contributed by atoms with van der Waals surface area (Å²) in [6.07, 6.45) is 3.80. The zero-order valence-corrected chi connectivity index (χ0v) is 13.2. The van der Waals surface area contributed by atoms with E-state index in [0.717, 1.165) is 35.9 Å². The predicted molar refractivity (Wildman–Crippen MR) is 86.7 cm³/mol. The third-order valence-electron chi connectivity index (χ3n) is 2.98. The first kappa shape index (κ1) is 15.5. The molecule has 0 aliphatic carbocycles. The van der Waals surface area contributed by atoms with Crippen molar-refractivity contribution in [3.63, 3.8) is 0 Å². The Labute approximate surface area is 129 Å². The minimum atomic E-state index is 0.418. The van der Waals surface area contributed by atoms with Crippen molar-refractivity contribution in [3.05, 3.63) is 53.4 Å². The van der Waals surface area contributed by atoms with E-state index < -0.39 is 0 Å². The number of nitrogens with one attached hydrogen (secondary N) is 1. The SMILES string of the molecule is CCCNC(CSc1ccc(Cl)cc1)Cc1ccco1. The lowest BCUT2D eigenvalue weighted by atomic mass is 10.2. The molecule has 0 saturated carbocycles. The van der Waals surface area contributed by atoms with Crippen molar-refractivity contribution in [2.45, 2.75) is 30.7 Å². The number of hydrogen-bond donors (Lipinski definition) is 1. The molecule has 0 bridgehead atoms. The van der Waals surface area contributed by atoms with Crippen molar-refractivity contribution >= 4 is 23.4 Å². The van der Waals surface area contributed by atoms with Crippen molar-refractivity contribution in [1.82, 2.24) is 5.32 Å². The molecule has 0 fully saturated rings. The number of benzene rings is 1. The molecule has 1 N–H and O–H groups in total. The number of thioether (sulfide) groups is 1. The molecule has 0 aliphatic rings. The fraction of sp³-hybridized carbons (Fsp3) is 0.375. The molecule has 108 valence electrons. The highest BCUT2D eigenvalue weighted by Gasteiger charge is 2.11. The van der Waals surface area contributed by atoms with Gasteiger partial charge in [-0.25, -0.2) is 0 Å². The molecule has 20 heavy (non-hydrogen) atoms. The van der Waals surface area contributed by atoms with Crippen LogP contribution in [0.25, 0.3) is 0 Å². The first-order valence-electron chi connectivity index (χ1n) is 6.92. The smallest absolute Gasteiger partial charge is 0.105 e. The molecule has 0 aliphatic heterocycles. The minimum absolute atomic E-state index is 0.418. The second kappa shape index (κ2) is 8.40. The van der Waals surface area contributed by atoms with Crippen LogP contribution in [0, 0.1) is 0 Å². The maximum atomic E-state index is 5.90. The van der Waals surface area contributed by atoms with Gasteiger partial charge in [0.05, 0.1) is 6.26 Å². The topological polar surface area (TPSA) is 25.2 Å². The molecular weight excluding hydrogens is 290 g/mol.